The maximum Gasteiger partial charge on any atom is 0.237 e. The van der Waals surface area contributed by atoms with Crippen LogP contribution in [0.5, 0.6) is 0 Å². The molecule has 0 unspecified atom stereocenters. The maximum atomic E-state index is 12.6. The van der Waals surface area contributed by atoms with Crippen molar-refractivity contribution in [3.63, 3.8) is 0 Å². The van der Waals surface area contributed by atoms with E-state index in [-0.39, 0.29) is 11.2 Å². The molecule has 3 rings (SSSR count). The van der Waals surface area contributed by atoms with E-state index >= 15 is 0 Å². The fourth-order valence-corrected chi connectivity index (χ4v) is 3.68. The Morgan fingerprint density at radius 3 is 2.30 bits per heavy atom. The molecule has 6 heteroatoms. The molecule has 2 aromatic carbocycles. The van der Waals surface area contributed by atoms with E-state index in [1.807, 2.05) is 52.0 Å². The first kappa shape index (κ1) is 19.2. The van der Waals surface area contributed by atoms with Crippen molar-refractivity contribution in [2.24, 2.45) is 0 Å². The third kappa shape index (κ3) is 4.57. The van der Waals surface area contributed by atoms with Gasteiger partial charge in [0, 0.05) is 11.3 Å². The number of nitrogens with one attached hydrogen (secondary N) is 2. The van der Waals surface area contributed by atoms with Crippen LogP contribution in [-0.2, 0) is 4.79 Å². The van der Waals surface area contributed by atoms with E-state index in [0.717, 1.165) is 22.4 Å². The first-order valence-electron chi connectivity index (χ1n) is 8.88. The molecular weight excluding hydrogens is 356 g/mol. The van der Waals surface area contributed by atoms with Gasteiger partial charge in [-0.25, -0.2) is 4.98 Å². The van der Waals surface area contributed by atoms with Crippen molar-refractivity contribution in [2.45, 2.75) is 45.0 Å². The van der Waals surface area contributed by atoms with Gasteiger partial charge in [0.25, 0.3) is 0 Å². The predicted molar refractivity (Wildman–Crippen MR) is 111 cm³/mol. The Balaban J connectivity index is 1.68. The lowest BCUT2D eigenvalue weighted by atomic mass is 10.1. The van der Waals surface area contributed by atoms with Crippen LogP contribution in [0.1, 0.15) is 29.2 Å². The molecule has 1 aromatic heterocycles. The summed E-state index contributed by atoms with van der Waals surface area (Å²) in [4.78, 5) is 17.1. The molecule has 0 saturated heterocycles. The summed E-state index contributed by atoms with van der Waals surface area (Å²) in [5, 5.41) is 10.5. The van der Waals surface area contributed by atoms with Crippen molar-refractivity contribution >= 4 is 23.4 Å². The van der Waals surface area contributed by atoms with Gasteiger partial charge >= 0.3 is 0 Å². The van der Waals surface area contributed by atoms with Gasteiger partial charge in [0.1, 0.15) is 0 Å². The molecule has 0 spiro atoms. The molecule has 27 heavy (non-hydrogen) atoms. The van der Waals surface area contributed by atoms with Crippen LogP contribution in [0.25, 0.3) is 11.4 Å². The Hall–Kier alpha value is -2.60. The second-order valence-corrected chi connectivity index (χ2v) is 8.16. The van der Waals surface area contributed by atoms with E-state index in [9.17, 15) is 4.79 Å². The average molecular weight is 381 g/mol. The Kier molecular flexibility index (Phi) is 5.65. The van der Waals surface area contributed by atoms with E-state index in [4.69, 9.17) is 0 Å². The van der Waals surface area contributed by atoms with Crippen LogP contribution in [0.4, 0.5) is 5.69 Å². The minimum Gasteiger partial charge on any atom is -0.325 e. The summed E-state index contributed by atoms with van der Waals surface area (Å²) in [6.07, 6.45) is 0. The van der Waals surface area contributed by atoms with Gasteiger partial charge < -0.3 is 5.32 Å². The number of nitrogens with zero attached hydrogens (tertiary/aromatic N) is 2. The van der Waals surface area contributed by atoms with Crippen molar-refractivity contribution in [3.05, 3.63) is 58.7 Å². The molecule has 0 fully saturated rings. The molecule has 140 valence electrons. The largest absolute Gasteiger partial charge is 0.325 e. The number of hydrogen-bond donors (Lipinski definition) is 2. The average Bonchev–Trinajstić information content (AvgIpc) is 3.07. The number of thioether (sulfide) groups is 1. The number of anilines is 1. The van der Waals surface area contributed by atoms with Gasteiger partial charge in [-0.1, -0.05) is 59.3 Å². The van der Waals surface area contributed by atoms with Crippen molar-refractivity contribution in [1.82, 2.24) is 15.2 Å². The van der Waals surface area contributed by atoms with Crippen LogP contribution in [0.2, 0.25) is 0 Å². The molecule has 1 amide bonds. The quantitative estimate of drug-likeness (QED) is 0.622. The molecule has 0 radical (unpaired) electrons. The number of hydrogen-bond acceptors (Lipinski definition) is 4. The van der Waals surface area contributed by atoms with Crippen molar-refractivity contribution in [1.29, 1.82) is 0 Å². The number of aryl methyl sites for hydroxylation is 4. The van der Waals surface area contributed by atoms with E-state index < -0.39 is 0 Å². The van der Waals surface area contributed by atoms with Gasteiger partial charge in [-0.2, -0.15) is 0 Å². The highest BCUT2D eigenvalue weighted by Gasteiger charge is 2.19. The fraction of sp³-hybridized carbons (Fsp3) is 0.286. The zero-order chi connectivity index (χ0) is 19.6. The lowest BCUT2D eigenvalue weighted by Crippen LogP contribution is -2.23. The Morgan fingerprint density at radius 1 is 1.04 bits per heavy atom. The molecule has 1 heterocycles. The van der Waals surface area contributed by atoms with Gasteiger partial charge in [-0.05, 0) is 45.7 Å². The summed E-state index contributed by atoms with van der Waals surface area (Å²) in [5.41, 5.74) is 6.38. The highest BCUT2D eigenvalue weighted by Crippen LogP contribution is 2.26. The minimum absolute atomic E-state index is 0.0586. The van der Waals surface area contributed by atoms with Gasteiger partial charge in [0.05, 0.1) is 5.25 Å². The SMILES string of the molecule is Cc1ccc(-c2nc(S[C@@H](C)C(=O)Nc3c(C)cc(C)cc3C)n[nH]2)cc1. The Labute approximate surface area is 164 Å². The number of amides is 1. The summed E-state index contributed by atoms with van der Waals surface area (Å²) in [6, 6.07) is 12.2. The maximum absolute atomic E-state index is 12.6. The van der Waals surface area contributed by atoms with Gasteiger partial charge in [0.15, 0.2) is 5.82 Å². The highest BCUT2D eigenvalue weighted by molar-refractivity contribution is 8.00. The number of H-pyrrole nitrogens is 1. The molecule has 3 aromatic rings. The standard InChI is InChI=1S/C21H24N4OS/c1-12-6-8-17(9-7-12)19-23-21(25-24-19)27-16(5)20(26)22-18-14(3)10-13(2)11-15(18)4/h6-11,16H,1-5H3,(H,22,26)(H,23,24,25)/t16-/m0/s1. The molecule has 0 aliphatic rings. The molecule has 2 N–H and O–H groups in total. The first-order valence-corrected chi connectivity index (χ1v) is 9.76. The van der Waals surface area contributed by atoms with Crippen molar-refractivity contribution < 1.29 is 4.79 Å². The number of carbonyl (C=O) groups excluding carboxylic acids is 1. The molecule has 1 atom stereocenters. The molecule has 0 bridgehead atoms. The number of rotatable bonds is 5. The normalized spacial score (nSPS) is 12.0. The third-order valence-corrected chi connectivity index (χ3v) is 5.33. The van der Waals surface area contributed by atoms with Crippen LogP contribution < -0.4 is 5.32 Å². The number of carbonyl (C=O) groups is 1. The van der Waals surface area contributed by atoms with Gasteiger partial charge in [-0.15, -0.1) is 5.10 Å². The van der Waals surface area contributed by atoms with Gasteiger partial charge in [0.2, 0.25) is 11.1 Å². The zero-order valence-corrected chi connectivity index (χ0v) is 17.1. The van der Waals surface area contributed by atoms with E-state index in [1.54, 1.807) is 0 Å². The monoisotopic (exact) mass is 380 g/mol. The van der Waals surface area contributed by atoms with Crippen molar-refractivity contribution in [3.8, 4) is 11.4 Å². The van der Waals surface area contributed by atoms with Crippen LogP contribution in [0.3, 0.4) is 0 Å². The molecule has 0 aliphatic heterocycles. The number of aromatic nitrogens is 3. The Morgan fingerprint density at radius 2 is 1.67 bits per heavy atom. The van der Waals surface area contributed by atoms with E-state index in [0.29, 0.717) is 11.0 Å². The molecule has 5 nitrogen and oxygen atoms in total. The second-order valence-electron chi connectivity index (χ2n) is 6.86. The number of aromatic amines is 1. The summed E-state index contributed by atoms with van der Waals surface area (Å²) >= 11 is 1.34. The summed E-state index contributed by atoms with van der Waals surface area (Å²) in [6.45, 7) is 9.98. The molecule has 0 aliphatic carbocycles. The lowest BCUT2D eigenvalue weighted by molar-refractivity contribution is -0.115. The zero-order valence-electron chi connectivity index (χ0n) is 16.3. The summed E-state index contributed by atoms with van der Waals surface area (Å²) < 4.78 is 0. The van der Waals surface area contributed by atoms with Crippen molar-refractivity contribution in [2.75, 3.05) is 5.32 Å². The van der Waals surface area contributed by atoms with Crippen LogP contribution in [0, 0.1) is 27.7 Å². The first-order chi connectivity index (χ1) is 12.8. The summed E-state index contributed by atoms with van der Waals surface area (Å²) in [5.74, 6) is 0.645. The van der Waals surface area contributed by atoms with Crippen LogP contribution in [-0.4, -0.2) is 26.3 Å². The minimum atomic E-state index is -0.313. The van der Waals surface area contributed by atoms with Crippen LogP contribution >= 0.6 is 11.8 Å². The second kappa shape index (κ2) is 7.96. The lowest BCUT2D eigenvalue weighted by Gasteiger charge is -2.15. The third-order valence-electron chi connectivity index (χ3n) is 4.37. The van der Waals surface area contributed by atoms with E-state index in [1.165, 1.54) is 22.9 Å². The summed E-state index contributed by atoms with van der Waals surface area (Å²) in [7, 11) is 0. The smallest absolute Gasteiger partial charge is 0.237 e. The molecule has 0 saturated carbocycles. The van der Waals surface area contributed by atoms with Crippen LogP contribution in [0.15, 0.2) is 41.6 Å². The highest BCUT2D eigenvalue weighted by atomic mass is 32.2. The van der Waals surface area contributed by atoms with E-state index in [2.05, 4.69) is 39.6 Å². The predicted octanol–water partition coefficient (Wildman–Crippen LogP) is 4.82. The number of benzene rings is 2. The van der Waals surface area contributed by atoms with Gasteiger partial charge in [-0.3, -0.25) is 9.89 Å². The topological polar surface area (TPSA) is 70.7 Å². The Bertz CT molecular complexity index is 940. The fourth-order valence-electron chi connectivity index (χ4n) is 2.95. The molecular formula is C21H24N4OS.